The molecule has 1 aliphatic heterocycles. The number of carbonyl (C=O) groups excluding carboxylic acids is 2. The molecule has 1 aliphatic carbocycles. The van der Waals surface area contributed by atoms with E-state index in [0.717, 1.165) is 37.9 Å². The lowest BCUT2D eigenvalue weighted by molar-refractivity contribution is -0.122. The molecule has 170 valence electrons. The Morgan fingerprint density at radius 3 is 2.50 bits per heavy atom. The van der Waals surface area contributed by atoms with Crippen molar-refractivity contribution in [2.75, 3.05) is 13.1 Å². The summed E-state index contributed by atoms with van der Waals surface area (Å²) in [5.41, 5.74) is 1.63. The normalized spacial score (nSPS) is 23.3. The van der Waals surface area contributed by atoms with Crippen molar-refractivity contribution in [3.8, 4) is 0 Å². The van der Waals surface area contributed by atoms with E-state index in [4.69, 9.17) is 0 Å². The average molecular weight is 437 g/mol. The van der Waals surface area contributed by atoms with Crippen LogP contribution < -0.4 is 5.32 Å². The van der Waals surface area contributed by atoms with Gasteiger partial charge in [0.2, 0.25) is 5.91 Å². The Morgan fingerprint density at radius 1 is 0.969 bits per heavy atom. The van der Waals surface area contributed by atoms with Gasteiger partial charge in [0, 0.05) is 30.6 Å². The van der Waals surface area contributed by atoms with Crippen LogP contribution in [-0.4, -0.2) is 41.8 Å². The molecule has 1 saturated carbocycles. The number of carbonyl (C=O) groups is 2. The molecule has 5 heteroatoms. The van der Waals surface area contributed by atoms with Crippen LogP contribution in [0, 0.1) is 11.7 Å². The highest BCUT2D eigenvalue weighted by Gasteiger charge is 2.39. The Kier molecular flexibility index (Phi) is 7.69. The number of piperidine rings is 1. The summed E-state index contributed by atoms with van der Waals surface area (Å²) in [7, 11) is 0. The van der Waals surface area contributed by atoms with E-state index < -0.39 is 0 Å². The monoisotopic (exact) mass is 436 g/mol. The van der Waals surface area contributed by atoms with Crippen LogP contribution in [0.15, 0.2) is 54.6 Å². The molecule has 1 saturated heterocycles. The Bertz CT molecular complexity index is 900. The van der Waals surface area contributed by atoms with Crippen molar-refractivity contribution in [2.45, 2.75) is 63.5 Å². The third kappa shape index (κ3) is 5.83. The van der Waals surface area contributed by atoms with Crippen molar-refractivity contribution in [2.24, 2.45) is 5.92 Å². The van der Waals surface area contributed by atoms with Crippen molar-refractivity contribution < 1.29 is 14.0 Å². The van der Waals surface area contributed by atoms with Crippen molar-refractivity contribution in [1.82, 2.24) is 10.2 Å². The number of hydrogen-bond donors (Lipinski definition) is 1. The maximum absolute atomic E-state index is 13.1. The molecule has 0 bridgehead atoms. The minimum atomic E-state index is -0.316. The fraction of sp³-hybridized carbons (Fsp3) is 0.481. The van der Waals surface area contributed by atoms with Crippen LogP contribution in [0.2, 0.25) is 0 Å². The number of nitrogens with zero attached hydrogens (tertiary/aromatic N) is 1. The van der Waals surface area contributed by atoms with Crippen LogP contribution in [0.4, 0.5) is 4.39 Å². The van der Waals surface area contributed by atoms with Gasteiger partial charge in [-0.25, -0.2) is 4.39 Å². The minimum absolute atomic E-state index is 0.0771. The fourth-order valence-electron chi connectivity index (χ4n) is 5.47. The quantitative estimate of drug-likeness (QED) is 0.606. The second-order valence-electron chi connectivity index (χ2n) is 9.21. The largest absolute Gasteiger partial charge is 0.353 e. The van der Waals surface area contributed by atoms with E-state index in [-0.39, 0.29) is 23.5 Å². The van der Waals surface area contributed by atoms with E-state index in [1.54, 1.807) is 12.1 Å². The molecule has 2 aromatic rings. The van der Waals surface area contributed by atoms with Crippen LogP contribution in [-0.2, 0) is 11.2 Å². The van der Waals surface area contributed by atoms with Crippen LogP contribution in [0.5, 0.6) is 0 Å². The maximum Gasteiger partial charge on any atom is 0.224 e. The number of nitrogens with one attached hydrogen (secondary N) is 1. The highest BCUT2D eigenvalue weighted by atomic mass is 19.1. The highest BCUT2D eigenvalue weighted by Crippen LogP contribution is 2.35. The van der Waals surface area contributed by atoms with E-state index in [1.807, 2.05) is 30.3 Å². The van der Waals surface area contributed by atoms with Gasteiger partial charge in [-0.1, -0.05) is 43.2 Å². The van der Waals surface area contributed by atoms with Crippen LogP contribution >= 0.6 is 0 Å². The first-order valence-electron chi connectivity index (χ1n) is 12.0. The standard InChI is InChI=1S/C27H33FN2O2/c28-22-14-12-21(13-15-22)26(31)11-6-17-30-18-16-24(23-9-4-5-10-25(23)30)29-27(32)19-20-7-2-1-3-8-20/h1-3,7-8,12-15,23-25H,4-6,9-11,16-19H2,(H,29,32). The van der Waals surface area contributed by atoms with Gasteiger partial charge in [0.25, 0.3) is 0 Å². The minimum Gasteiger partial charge on any atom is -0.353 e. The first kappa shape index (κ1) is 22.7. The fourth-order valence-corrected chi connectivity index (χ4v) is 5.47. The van der Waals surface area contributed by atoms with Gasteiger partial charge < -0.3 is 5.32 Å². The van der Waals surface area contributed by atoms with Gasteiger partial charge in [-0.3, -0.25) is 14.5 Å². The molecule has 2 aliphatic rings. The number of amides is 1. The summed E-state index contributed by atoms with van der Waals surface area (Å²) in [5.74, 6) is 0.366. The summed E-state index contributed by atoms with van der Waals surface area (Å²) in [6.07, 6.45) is 7.48. The first-order chi connectivity index (χ1) is 15.6. The number of benzene rings is 2. The molecule has 1 amide bonds. The number of hydrogen-bond acceptors (Lipinski definition) is 3. The summed E-state index contributed by atoms with van der Waals surface area (Å²) < 4.78 is 13.1. The molecule has 4 nitrogen and oxygen atoms in total. The maximum atomic E-state index is 13.1. The second-order valence-corrected chi connectivity index (χ2v) is 9.21. The first-order valence-corrected chi connectivity index (χ1v) is 12.0. The van der Waals surface area contributed by atoms with Gasteiger partial charge in [-0.05, 0) is 68.0 Å². The van der Waals surface area contributed by atoms with Gasteiger partial charge in [0.1, 0.15) is 5.82 Å². The molecule has 1 heterocycles. The van der Waals surface area contributed by atoms with Gasteiger partial charge in [-0.15, -0.1) is 0 Å². The summed E-state index contributed by atoms with van der Waals surface area (Å²) >= 11 is 0. The van der Waals surface area contributed by atoms with Crippen molar-refractivity contribution in [3.05, 3.63) is 71.5 Å². The van der Waals surface area contributed by atoms with E-state index in [1.165, 1.54) is 31.4 Å². The molecule has 0 radical (unpaired) electrons. The van der Waals surface area contributed by atoms with Crippen molar-refractivity contribution in [1.29, 1.82) is 0 Å². The Labute approximate surface area is 190 Å². The molecular weight excluding hydrogens is 403 g/mol. The number of fused-ring (bicyclic) bond motifs is 1. The molecule has 2 fully saturated rings. The highest BCUT2D eigenvalue weighted by molar-refractivity contribution is 5.95. The lowest BCUT2D eigenvalue weighted by atomic mass is 9.75. The van der Waals surface area contributed by atoms with E-state index in [0.29, 0.717) is 30.4 Å². The van der Waals surface area contributed by atoms with Crippen LogP contribution in [0.3, 0.4) is 0 Å². The molecular formula is C27H33FN2O2. The molecule has 0 aromatic heterocycles. The number of halogens is 1. The van der Waals surface area contributed by atoms with Gasteiger partial charge in [0.05, 0.1) is 6.42 Å². The van der Waals surface area contributed by atoms with Crippen molar-refractivity contribution in [3.63, 3.8) is 0 Å². The Morgan fingerprint density at radius 2 is 1.72 bits per heavy atom. The van der Waals surface area contributed by atoms with Crippen molar-refractivity contribution >= 4 is 11.7 Å². The second kappa shape index (κ2) is 10.9. The smallest absolute Gasteiger partial charge is 0.224 e. The van der Waals surface area contributed by atoms with Gasteiger partial charge in [0.15, 0.2) is 5.78 Å². The predicted octanol–water partition coefficient (Wildman–Crippen LogP) is 4.78. The zero-order valence-electron chi connectivity index (χ0n) is 18.6. The molecule has 3 atom stereocenters. The molecule has 2 aromatic carbocycles. The topological polar surface area (TPSA) is 49.4 Å². The SMILES string of the molecule is O=C(Cc1ccccc1)NC1CCN(CCCC(=O)c2ccc(F)cc2)C2CCCCC12. The molecule has 3 unspecified atom stereocenters. The Hall–Kier alpha value is -2.53. The molecule has 1 N–H and O–H groups in total. The number of Topliss-reactive ketones (excluding diaryl/α,β-unsaturated/α-hetero) is 1. The molecule has 32 heavy (non-hydrogen) atoms. The van der Waals surface area contributed by atoms with E-state index in [2.05, 4.69) is 10.2 Å². The summed E-state index contributed by atoms with van der Waals surface area (Å²) in [6, 6.07) is 16.5. The van der Waals surface area contributed by atoms with E-state index in [9.17, 15) is 14.0 Å². The number of rotatable bonds is 8. The molecule has 0 spiro atoms. The number of ketones is 1. The number of likely N-dealkylation sites (tertiary alicyclic amines) is 1. The lowest BCUT2D eigenvalue weighted by Crippen LogP contribution is -2.57. The van der Waals surface area contributed by atoms with Crippen LogP contribution in [0.1, 0.15) is 60.9 Å². The average Bonchev–Trinajstić information content (AvgIpc) is 2.81. The zero-order chi connectivity index (χ0) is 22.3. The van der Waals surface area contributed by atoms with E-state index >= 15 is 0 Å². The van der Waals surface area contributed by atoms with Gasteiger partial charge in [-0.2, -0.15) is 0 Å². The Balaban J connectivity index is 1.29. The lowest BCUT2D eigenvalue weighted by Gasteiger charge is -2.48. The third-order valence-electron chi connectivity index (χ3n) is 7.06. The predicted molar refractivity (Wildman–Crippen MR) is 124 cm³/mol. The van der Waals surface area contributed by atoms with Crippen LogP contribution in [0.25, 0.3) is 0 Å². The zero-order valence-corrected chi connectivity index (χ0v) is 18.6. The van der Waals surface area contributed by atoms with Gasteiger partial charge >= 0.3 is 0 Å². The summed E-state index contributed by atoms with van der Waals surface area (Å²) in [6.45, 7) is 1.86. The third-order valence-corrected chi connectivity index (χ3v) is 7.06. The summed E-state index contributed by atoms with van der Waals surface area (Å²) in [5, 5.41) is 3.34. The molecule has 4 rings (SSSR count). The summed E-state index contributed by atoms with van der Waals surface area (Å²) in [4.78, 5) is 27.6.